The van der Waals surface area contributed by atoms with Crippen LogP contribution in [-0.4, -0.2) is 16.7 Å². The van der Waals surface area contributed by atoms with E-state index in [2.05, 4.69) is 0 Å². The first kappa shape index (κ1) is 14.6. The van der Waals surface area contributed by atoms with Gasteiger partial charge in [-0.2, -0.15) is 0 Å². The van der Waals surface area contributed by atoms with Crippen LogP contribution >= 0.6 is 0 Å². The van der Waals surface area contributed by atoms with Crippen LogP contribution in [-0.2, 0) is 9.59 Å². The molecule has 1 heterocycles. The van der Waals surface area contributed by atoms with Gasteiger partial charge >= 0.3 is 0 Å². The van der Waals surface area contributed by atoms with Gasteiger partial charge in [0.15, 0.2) is 0 Å². The van der Waals surface area contributed by atoms with Gasteiger partial charge in [0.2, 0.25) is 11.8 Å². The highest BCUT2D eigenvalue weighted by Gasteiger charge is 2.51. The Morgan fingerprint density at radius 3 is 2.40 bits per heavy atom. The Morgan fingerprint density at radius 2 is 1.90 bits per heavy atom. The molecule has 1 aliphatic heterocycles. The third kappa shape index (κ3) is 2.19. The fraction of sp³-hybridized carbons (Fsp3) is 0.500. The van der Waals surface area contributed by atoms with Gasteiger partial charge in [-0.15, -0.1) is 0 Å². The van der Waals surface area contributed by atoms with Crippen LogP contribution in [0.2, 0.25) is 0 Å². The fourth-order valence-corrected chi connectivity index (χ4v) is 2.67. The Kier molecular flexibility index (Phi) is 3.59. The molecular weight excluding hydrogens is 252 g/mol. The minimum absolute atomic E-state index is 0.0765. The highest BCUT2D eigenvalue weighted by atomic mass is 16.2. The second kappa shape index (κ2) is 4.93. The summed E-state index contributed by atoms with van der Waals surface area (Å²) in [4.78, 5) is 26.3. The van der Waals surface area contributed by atoms with Crippen molar-refractivity contribution in [2.45, 2.75) is 40.2 Å². The molecule has 4 heteroatoms. The van der Waals surface area contributed by atoms with E-state index in [1.54, 1.807) is 6.07 Å². The molecule has 1 aromatic carbocycles. The van der Waals surface area contributed by atoms with Gasteiger partial charge in [0.1, 0.15) is 0 Å². The van der Waals surface area contributed by atoms with Crippen molar-refractivity contribution >= 4 is 17.5 Å². The standard InChI is InChI=1S/C16H22N2O2/c1-10(2)16(4)9-14(19)18(15(16)20)11(3)12-6-5-7-13(17)8-12/h5-8,10-11H,9,17H2,1-4H3. The van der Waals surface area contributed by atoms with E-state index in [9.17, 15) is 9.59 Å². The Hall–Kier alpha value is -1.84. The van der Waals surface area contributed by atoms with E-state index < -0.39 is 5.41 Å². The molecule has 2 N–H and O–H groups in total. The quantitative estimate of drug-likeness (QED) is 0.681. The van der Waals surface area contributed by atoms with Gasteiger partial charge in [-0.25, -0.2) is 0 Å². The summed E-state index contributed by atoms with van der Waals surface area (Å²) in [7, 11) is 0. The largest absolute Gasteiger partial charge is 0.399 e. The van der Waals surface area contributed by atoms with Crippen molar-refractivity contribution in [1.82, 2.24) is 4.90 Å². The number of imide groups is 1. The maximum absolute atomic E-state index is 12.7. The van der Waals surface area contributed by atoms with Crippen molar-refractivity contribution in [3.8, 4) is 0 Å². The Morgan fingerprint density at radius 1 is 1.25 bits per heavy atom. The van der Waals surface area contributed by atoms with E-state index in [0.29, 0.717) is 5.69 Å². The van der Waals surface area contributed by atoms with Crippen molar-refractivity contribution in [2.24, 2.45) is 11.3 Å². The Balaban J connectivity index is 2.34. The number of carbonyl (C=O) groups excluding carboxylic acids is 2. The maximum atomic E-state index is 12.7. The highest BCUT2D eigenvalue weighted by molar-refractivity contribution is 6.06. The van der Waals surface area contributed by atoms with Crippen LogP contribution in [0.25, 0.3) is 0 Å². The van der Waals surface area contributed by atoms with Gasteiger partial charge in [0.25, 0.3) is 0 Å². The molecular formula is C16H22N2O2. The minimum atomic E-state index is -0.592. The monoisotopic (exact) mass is 274 g/mol. The predicted octanol–water partition coefficient (Wildman–Crippen LogP) is 2.75. The normalized spacial score (nSPS) is 24.6. The molecule has 0 saturated carbocycles. The van der Waals surface area contributed by atoms with Crippen molar-refractivity contribution in [3.63, 3.8) is 0 Å². The van der Waals surface area contributed by atoms with Crippen molar-refractivity contribution in [2.75, 3.05) is 5.73 Å². The second-order valence-electron chi connectivity index (χ2n) is 6.16. The van der Waals surface area contributed by atoms with Crippen LogP contribution in [0.3, 0.4) is 0 Å². The number of rotatable bonds is 3. The summed E-state index contributed by atoms with van der Waals surface area (Å²) in [5.74, 6) is -0.0365. The topological polar surface area (TPSA) is 63.4 Å². The lowest BCUT2D eigenvalue weighted by Gasteiger charge is -2.29. The lowest BCUT2D eigenvalue weighted by atomic mass is 9.78. The number of nitrogens with two attached hydrogens (primary N) is 1. The number of benzene rings is 1. The number of likely N-dealkylation sites (tertiary alicyclic amines) is 1. The van der Waals surface area contributed by atoms with E-state index in [4.69, 9.17) is 5.73 Å². The number of hydrogen-bond acceptors (Lipinski definition) is 3. The minimum Gasteiger partial charge on any atom is -0.399 e. The van der Waals surface area contributed by atoms with Gasteiger partial charge in [0.05, 0.1) is 11.5 Å². The molecule has 1 aliphatic rings. The Bertz CT molecular complexity index is 553. The molecule has 1 saturated heterocycles. The number of nitrogen functional groups attached to an aromatic ring is 1. The summed E-state index contributed by atoms with van der Waals surface area (Å²) < 4.78 is 0. The van der Waals surface area contributed by atoms with Crippen LogP contribution in [0.1, 0.15) is 45.7 Å². The van der Waals surface area contributed by atoms with Gasteiger partial charge < -0.3 is 5.73 Å². The highest BCUT2D eigenvalue weighted by Crippen LogP contribution is 2.42. The summed E-state index contributed by atoms with van der Waals surface area (Å²) in [5.41, 5.74) is 6.71. The molecule has 0 aliphatic carbocycles. The van der Waals surface area contributed by atoms with E-state index >= 15 is 0 Å². The number of anilines is 1. The molecule has 108 valence electrons. The summed E-state index contributed by atoms with van der Waals surface area (Å²) >= 11 is 0. The molecule has 2 amide bonds. The van der Waals surface area contributed by atoms with E-state index in [1.165, 1.54) is 4.90 Å². The van der Waals surface area contributed by atoms with E-state index in [-0.39, 0.29) is 30.2 Å². The maximum Gasteiger partial charge on any atom is 0.236 e. The summed E-state index contributed by atoms with van der Waals surface area (Å²) in [6.45, 7) is 7.72. The van der Waals surface area contributed by atoms with E-state index in [0.717, 1.165) is 5.56 Å². The first-order valence-electron chi connectivity index (χ1n) is 6.99. The van der Waals surface area contributed by atoms with Gasteiger partial charge in [-0.1, -0.05) is 26.0 Å². The van der Waals surface area contributed by atoms with Crippen molar-refractivity contribution < 1.29 is 9.59 Å². The van der Waals surface area contributed by atoms with Crippen LogP contribution in [0.15, 0.2) is 24.3 Å². The lowest BCUT2D eigenvalue weighted by molar-refractivity contribution is -0.144. The van der Waals surface area contributed by atoms with Gasteiger partial charge in [-0.05, 0) is 37.5 Å². The summed E-state index contributed by atoms with van der Waals surface area (Å²) in [5, 5.41) is 0. The first-order valence-corrected chi connectivity index (χ1v) is 6.99. The number of amides is 2. The fourth-order valence-electron chi connectivity index (χ4n) is 2.67. The molecule has 1 aromatic rings. The number of hydrogen-bond donors (Lipinski definition) is 1. The SMILES string of the molecule is CC(c1cccc(N)c1)N1C(=O)CC(C)(C(C)C)C1=O. The molecule has 20 heavy (non-hydrogen) atoms. The average Bonchev–Trinajstić information content (AvgIpc) is 2.60. The van der Waals surface area contributed by atoms with Crippen LogP contribution in [0, 0.1) is 11.3 Å². The molecule has 1 fully saturated rings. The third-order valence-electron chi connectivity index (χ3n) is 4.55. The molecule has 0 bridgehead atoms. The zero-order valence-electron chi connectivity index (χ0n) is 12.5. The van der Waals surface area contributed by atoms with E-state index in [1.807, 2.05) is 45.9 Å². The average molecular weight is 274 g/mol. The molecule has 2 rings (SSSR count). The number of nitrogens with zero attached hydrogens (tertiary/aromatic N) is 1. The smallest absolute Gasteiger partial charge is 0.236 e. The predicted molar refractivity (Wildman–Crippen MR) is 78.7 cm³/mol. The van der Waals surface area contributed by atoms with Crippen molar-refractivity contribution in [3.05, 3.63) is 29.8 Å². The molecule has 2 atom stereocenters. The van der Waals surface area contributed by atoms with Crippen LogP contribution < -0.4 is 5.73 Å². The van der Waals surface area contributed by atoms with Gasteiger partial charge in [-0.3, -0.25) is 14.5 Å². The molecule has 0 radical (unpaired) electrons. The molecule has 0 spiro atoms. The van der Waals surface area contributed by atoms with Gasteiger partial charge in [0, 0.05) is 12.1 Å². The lowest BCUT2D eigenvalue weighted by Crippen LogP contribution is -2.38. The van der Waals surface area contributed by atoms with Crippen LogP contribution in [0.5, 0.6) is 0 Å². The van der Waals surface area contributed by atoms with Crippen LogP contribution in [0.4, 0.5) is 5.69 Å². The molecule has 0 aromatic heterocycles. The summed E-state index contributed by atoms with van der Waals surface area (Å²) in [6, 6.07) is 7.07. The zero-order valence-corrected chi connectivity index (χ0v) is 12.5. The second-order valence-corrected chi connectivity index (χ2v) is 6.16. The summed E-state index contributed by atoms with van der Waals surface area (Å²) in [6.07, 6.45) is 0.288. The number of carbonyl (C=O) groups is 2. The molecule has 2 unspecified atom stereocenters. The zero-order chi connectivity index (χ0) is 15.1. The third-order valence-corrected chi connectivity index (χ3v) is 4.55. The first-order chi connectivity index (χ1) is 9.27. The Labute approximate surface area is 119 Å². The molecule has 4 nitrogen and oxygen atoms in total. The van der Waals surface area contributed by atoms with Crippen molar-refractivity contribution in [1.29, 1.82) is 0 Å².